The van der Waals surface area contributed by atoms with Crippen molar-refractivity contribution in [1.29, 1.82) is 0 Å². The quantitative estimate of drug-likeness (QED) is 0.570. The Labute approximate surface area is 209 Å². The van der Waals surface area contributed by atoms with E-state index in [0.29, 0.717) is 44.7 Å². The Morgan fingerprint density at radius 3 is 2.64 bits per heavy atom. The molecule has 5 rings (SSSR count). The first-order chi connectivity index (χ1) is 17.5. The lowest BCUT2D eigenvalue weighted by molar-refractivity contribution is -0.126. The number of piperidine rings is 1. The SMILES string of the molecule is COc1ccccc1CNC(=O)C1CCN(C(=O)c2ncn3c2CO[C@H](c2ccc(F)cc2)C3)CC1. The molecule has 8 nitrogen and oxygen atoms in total. The van der Waals surface area contributed by atoms with E-state index in [0.717, 1.165) is 22.6 Å². The Kier molecular flexibility index (Phi) is 6.99. The van der Waals surface area contributed by atoms with Crippen LogP contribution in [0.4, 0.5) is 4.39 Å². The number of para-hydroxylation sites is 1. The van der Waals surface area contributed by atoms with Gasteiger partial charge in [-0.05, 0) is 36.6 Å². The van der Waals surface area contributed by atoms with Gasteiger partial charge in [0.25, 0.3) is 5.91 Å². The predicted octanol–water partition coefficient (Wildman–Crippen LogP) is 3.47. The number of nitrogens with zero attached hydrogens (tertiary/aromatic N) is 3. The van der Waals surface area contributed by atoms with Gasteiger partial charge in [-0.1, -0.05) is 30.3 Å². The fraction of sp³-hybridized carbons (Fsp3) is 0.370. The fourth-order valence-electron chi connectivity index (χ4n) is 4.86. The third kappa shape index (κ3) is 4.97. The molecular formula is C27H29FN4O4. The van der Waals surface area contributed by atoms with E-state index in [2.05, 4.69) is 10.3 Å². The molecule has 36 heavy (non-hydrogen) atoms. The molecule has 1 atom stereocenters. The first-order valence-electron chi connectivity index (χ1n) is 12.1. The molecule has 2 aliphatic rings. The number of rotatable bonds is 6. The molecule has 1 saturated heterocycles. The molecule has 3 aromatic rings. The number of carbonyl (C=O) groups is 2. The van der Waals surface area contributed by atoms with Crippen LogP contribution < -0.4 is 10.1 Å². The monoisotopic (exact) mass is 492 g/mol. The van der Waals surface area contributed by atoms with E-state index in [4.69, 9.17) is 9.47 Å². The minimum Gasteiger partial charge on any atom is -0.496 e. The Bertz CT molecular complexity index is 1230. The summed E-state index contributed by atoms with van der Waals surface area (Å²) in [5.74, 6) is 0.172. The minimum atomic E-state index is -0.288. The van der Waals surface area contributed by atoms with Gasteiger partial charge in [0.1, 0.15) is 17.7 Å². The van der Waals surface area contributed by atoms with Crippen LogP contribution in [-0.2, 0) is 29.2 Å². The van der Waals surface area contributed by atoms with Crippen LogP contribution in [-0.4, -0.2) is 46.5 Å². The van der Waals surface area contributed by atoms with Gasteiger partial charge in [0.15, 0.2) is 5.69 Å². The molecule has 2 amide bonds. The van der Waals surface area contributed by atoms with Crippen LogP contribution in [0.2, 0.25) is 0 Å². The molecule has 0 radical (unpaired) electrons. The van der Waals surface area contributed by atoms with Crippen molar-refractivity contribution in [3.05, 3.63) is 83.2 Å². The average Bonchev–Trinajstić information content (AvgIpc) is 3.35. The summed E-state index contributed by atoms with van der Waals surface area (Å²) in [7, 11) is 1.61. The van der Waals surface area contributed by atoms with Crippen molar-refractivity contribution in [2.45, 2.75) is 38.6 Å². The van der Waals surface area contributed by atoms with Gasteiger partial charge in [-0.25, -0.2) is 9.37 Å². The molecule has 2 aliphatic heterocycles. The van der Waals surface area contributed by atoms with Crippen LogP contribution in [0.5, 0.6) is 5.75 Å². The number of ether oxygens (including phenoxy) is 2. The Morgan fingerprint density at radius 2 is 1.89 bits per heavy atom. The maximum Gasteiger partial charge on any atom is 0.274 e. The molecule has 0 unspecified atom stereocenters. The number of fused-ring (bicyclic) bond motifs is 1. The maximum absolute atomic E-state index is 13.2. The predicted molar refractivity (Wildman–Crippen MR) is 130 cm³/mol. The minimum absolute atomic E-state index is 0.00684. The molecule has 1 N–H and O–H groups in total. The molecule has 0 saturated carbocycles. The van der Waals surface area contributed by atoms with Gasteiger partial charge >= 0.3 is 0 Å². The summed E-state index contributed by atoms with van der Waals surface area (Å²) < 4.78 is 26.5. The molecule has 188 valence electrons. The van der Waals surface area contributed by atoms with E-state index in [1.165, 1.54) is 12.1 Å². The van der Waals surface area contributed by atoms with E-state index >= 15 is 0 Å². The highest BCUT2D eigenvalue weighted by atomic mass is 19.1. The normalized spacial score (nSPS) is 17.9. The molecule has 2 aromatic carbocycles. The van der Waals surface area contributed by atoms with Gasteiger partial charge in [-0.15, -0.1) is 0 Å². The number of likely N-dealkylation sites (tertiary alicyclic amines) is 1. The zero-order chi connectivity index (χ0) is 25.1. The van der Waals surface area contributed by atoms with Crippen molar-refractivity contribution in [3.63, 3.8) is 0 Å². The number of carbonyl (C=O) groups excluding carboxylic acids is 2. The van der Waals surface area contributed by atoms with Gasteiger partial charge in [-0.2, -0.15) is 0 Å². The molecule has 1 fully saturated rings. The van der Waals surface area contributed by atoms with Crippen LogP contribution in [0.15, 0.2) is 54.9 Å². The first-order valence-corrected chi connectivity index (χ1v) is 12.1. The van der Waals surface area contributed by atoms with E-state index in [1.807, 2.05) is 28.8 Å². The van der Waals surface area contributed by atoms with Crippen LogP contribution in [0.3, 0.4) is 0 Å². The summed E-state index contributed by atoms with van der Waals surface area (Å²) in [5, 5.41) is 3.00. The van der Waals surface area contributed by atoms with Crippen LogP contribution in [0, 0.1) is 11.7 Å². The van der Waals surface area contributed by atoms with Crippen molar-refractivity contribution in [2.75, 3.05) is 20.2 Å². The fourth-order valence-corrected chi connectivity index (χ4v) is 4.86. The highest BCUT2D eigenvalue weighted by Crippen LogP contribution is 2.29. The number of methoxy groups -OCH3 is 1. The molecule has 9 heteroatoms. The summed E-state index contributed by atoms with van der Waals surface area (Å²) in [6.45, 7) is 2.16. The van der Waals surface area contributed by atoms with Gasteiger partial charge in [0.05, 0.1) is 32.3 Å². The molecular weight excluding hydrogens is 463 g/mol. The van der Waals surface area contributed by atoms with E-state index < -0.39 is 0 Å². The lowest BCUT2D eigenvalue weighted by atomic mass is 9.95. The lowest BCUT2D eigenvalue weighted by Gasteiger charge is -2.31. The van der Waals surface area contributed by atoms with E-state index in [1.54, 1.807) is 30.5 Å². The van der Waals surface area contributed by atoms with Gasteiger partial charge in [0.2, 0.25) is 5.91 Å². The number of benzene rings is 2. The summed E-state index contributed by atoms with van der Waals surface area (Å²) in [6.07, 6.45) is 2.64. The van der Waals surface area contributed by atoms with E-state index in [-0.39, 0.29) is 36.3 Å². The Hall–Kier alpha value is -3.72. The number of nitrogens with one attached hydrogen (secondary N) is 1. The van der Waals surface area contributed by atoms with Crippen LogP contribution in [0.25, 0.3) is 0 Å². The number of aromatic nitrogens is 2. The number of hydrogen-bond donors (Lipinski definition) is 1. The topological polar surface area (TPSA) is 85.7 Å². The molecule has 3 heterocycles. The van der Waals surface area contributed by atoms with Crippen molar-refractivity contribution in [3.8, 4) is 5.75 Å². The van der Waals surface area contributed by atoms with Gasteiger partial charge < -0.3 is 24.3 Å². The summed E-state index contributed by atoms with van der Waals surface area (Å²) in [4.78, 5) is 32.1. The number of amides is 2. The zero-order valence-corrected chi connectivity index (χ0v) is 20.2. The second-order valence-corrected chi connectivity index (χ2v) is 9.14. The first kappa shape index (κ1) is 24.0. The smallest absolute Gasteiger partial charge is 0.274 e. The molecule has 0 aliphatic carbocycles. The standard InChI is InChI=1S/C27H29FN4O4/c1-35-23-5-3-2-4-20(23)14-29-26(33)19-10-12-31(13-11-19)27(34)25-22-16-36-24(15-32(22)17-30-25)18-6-8-21(28)9-7-18/h2-9,17,19,24H,10-16H2,1H3,(H,29,33)/t24-/m0/s1. The van der Waals surface area contributed by atoms with Crippen molar-refractivity contribution >= 4 is 11.8 Å². The van der Waals surface area contributed by atoms with Crippen molar-refractivity contribution in [2.24, 2.45) is 5.92 Å². The van der Waals surface area contributed by atoms with Gasteiger partial charge in [0, 0.05) is 31.1 Å². The number of imidazole rings is 1. The highest BCUT2D eigenvalue weighted by molar-refractivity contribution is 5.93. The third-order valence-corrected chi connectivity index (χ3v) is 6.97. The largest absolute Gasteiger partial charge is 0.496 e. The Morgan fingerprint density at radius 1 is 1.14 bits per heavy atom. The highest BCUT2D eigenvalue weighted by Gasteiger charge is 2.32. The van der Waals surface area contributed by atoms with Gasteiger partial charge in [-0.3, -0.25) is 9.59 Å². The van der Waals surface area contributed by atoms with Crippen LogP contribution in [0.1, 0.15) is 46.3 Å². The number of halogens is 1. The Balaban J connectivity index is 1.15. The summed E-state index contributed by atoms with van der Waals surface area (Å²) >= 11 is 0. The maximum atomic E-state index is 13.2. The second-order valence-electron chi connectivity index (χ2n) is 9.14. The summed E-state index contributed by atoms with van der Waals surface area (Å²) in [5.41, 5.74) is 2.95. The van der Waals surface area contributed by atoms with Crippen molar-refractivity contribution < 1.29 is 23.5 Å². The van der Waals surface area contributed by atoms with Crippen molar-refractivity contribution in [1.82, 2.24) is 19.8 Å². The van der Waals surface area contributed by atoms with E-state index in [9.17, 15) is 14.0 Å². The molecule has 0 spiro atoms. The lowest BCUT2D eigenvalue weighted by Crippen LogP contribution is -2.43. The molecule has 1 aromatic heterocycles. The second kappa shape index (κ2) is 10.5. The third-order valence-electron chi connectivity index (χ3n) is 6.97. The summed E-state index contributed by atoms with van der Waals surface area (Å²) in [6, 6.07) is 13.9. The average molecular weight is 493 g/mol. The van der Waals surface area contributed by atoms with Crippen LogP contribution >= 0.6 is 0 Å². The zero-order valence-electron chi connectivity index (χ0n) is 20.2. The number of hydrogen-bond acceptors (Lipinski definition) is 5. The molecule has 0 bridgehead atoms.